The zero-order chi connectivity index (χ0) is 24.7. The highest BCUT2D eigenvalue weighted by atomic mass is 35.5. The number of alkyl halides is 2. The van der Waals surface area contributed by atoms with Crippen molar-refractivity contribution >= 4 is 33.2 Å². The van der Waals surface area contributed by atoms with Crippen LogP contribution in [-0.2, 0) is 24.2 Å². The average molecular weight is 529 g/mol. The van der Waals surface area contributed by atoms with Crippen LogP contribution in [0.1, 0.15) is 31.7 Å². The summed E-state index contributed by atoms with van der Waals surface area (Å²) in [4.78, 5) is 2.26. The van der Waals surface area contributed by atoms with Gasteiger partial charge in [-0.2, -0.15) is 0 Å². The van der Waals surface area contributed by atoms with Gasteiger partial charge in [0, 0.05) is 25.0 Å². The Morgan fingerprint density at radius 1 is 1.03 bits per heavy atom. The summed E-state index contributed by atoms with van der Waals surface area (Å²) in [7, 11) is -1.69. The molecule has 1 aromatic carbocycles. The summed E-state index contributed by atoms with van der Waals surface area (Å²) in [5.74, 6) is 0.0982. The van der Waals surface area contributed by atoms with E-state index in [1.165, 1.54) is 0 Å². The first kappa shape index (κ1) is 30.5. The molecule has 3 unspecified atom stereocenters. The second kappa shape index (κ2) is 17.0. The molecule has 192 valence electrons. The second-order valence-electron chi connectivity index (χ2n) is 7.89. The number of ether oxygens (including phenoxy) is 3. The molecule has 0 fully saturated rings. The van der Waals surface area contributed by atoms with Crippen molar-refractivity contribution < 1.29 is 22.6 Å². The molecule has 1 aromatic rings. The van der Waals surface area contributed by atoms with Gasteiger partial charge in [0.1, 0.15) is 0 Å². The minimum Gasteiger partial charge on any atom is -0.378 e. The summed E-state index contributed by atoms with van der Waals surface area (Å²) < 4.78 is 43.8. The number of nitrogens with two attached hydrogens (primary N) is 1. The van der Waals surface area contributed by atoms with Crippen LogP contribution in [0.2, 0.25) is 0 Å². The lowest BCUT2D eigenvalue weighted by Crippen LogP contribution is -2.32. The van der Waals surface area contributed by atoms with Gasteiger partial charge in [-0.25, -0.2) is 13.1 Å². The molecule has 8 nitrogen and oxygen atoms in total. The molecule has 3 N–H and O–H groups in total. The predicted octanol–water partition coefficient (Wildman–Crippen LogP) is 2.59. The quantitative estimate of drug-likeness (QED) is 0.162. The number of halogens is 2. The van der Waals surface area contributed by atoms with Crippen molar-refractivity contribution in [2.24, 2.45) is 5.73 Å². The number of benzene rings is 1. The third kappa shape index (κ3) is 13.2. The van der Waals surface area contributed by atoms with Gasteiger partial charge < -0.3 is 19.9 Å². The number of likely N-dealkylation sites (N-methyl/N-ethyl adjacent to an activating group) is 1. The minimum atomic E-state index is -3.63. The highest BCUT2D eigenvalue weighted by Crippen LogP contribution is 2.22. The van der Waals surface area contributed by atoms with Crippen molar-refractivity contribution in [1.82, 2.24) is 9.62 Å². The van der Waals surface area contributed by atoms with Gasteiger partial charge >= 0.3 is 0 Å². The maximum absolute atomic E-state index is 12.7. The summed E-state index contributed by atoms with van der Waals surface area (Å²) in [5.41, 5.74) is 6.07. The summed E-state index contributed by atoms with van der Waals surface area (Å²) in [5, 5.41) is -0.0117. The molecule has 0 aliphatic carbocycles. The van der Waals surface area contributed by atoms with Gasteiger partial charge in [-0.05, 0) is 44.0 Å². The largest absolute Gasteiger partial charge is 0.378 e. The van der Waals surface area contributed by atoms with E-state index in [2.05, 4.69) is 4.72 Å². The standard InChI is InChI=1S/C22H39Cl2N3O5S/c1-18(17-27(3)22(24)15-19(2)23)20-5-4-6-21(16-20)33(28,29)26-8-10-31-12-14-32-13-11-30-9-7-25/h4-6,16,18-19,22,26H,7-15,17,25H2,1-3H3. The van der Waals surface area contributed by atoms with E-state index in [-0.39, 0.29) is 34.8 Å². The molecule has 0 heterocycles. The Kier molecular flexibility index (Phi) is 15.8. The maximum atomic E-state index is 12.7. The van der Waals surface area contributed by atoms with Crippen molar-refractivity contribution in [3.8, 4) is 0 Å². The molecule has 0 radical (unpaired) electrons. The molecule has 11 heteroatoms. The number of hydrogen-bond donors (Lipinski definition) is 2. The normalized spacial score (nSPS) is 15.0. The summed E-state index contributed by atoms with van der Waals surface area (Å²) in [6.07, 6.45) is 0.669. The van der Waals surface area contributed by atoms with Crippen molar-refractivity contribution in [1.29, 1.82) is 0 Å². The molecule has 0 aliphatic rings. The smallest absolute Gasteiger partial charge is 0.240 e. The fraction of sp³-hybridized carbons (Fsp3) is 0.727. The topological polar surface area (TPSA) is 103 Å². The van der Waals surface area contributed by atoms with Gasteiger partial charge in [0.25, 0.3) is 0 Å². The molecule has 0 aromatic heterocycles. The molecule has 3 atom stereocenters. The first-order valence-electron chi connectivity index (χ1n) is 11.2. The maximum Gasteiger partial charge on any atom is 0.240 e. The highest BCUT2D eigenvalue weighted by Gasteiger charge is 2.19. The van der Waals surface area contributed by atoms with Crippen molar-refractivity contribution in [3.05, 3.63) is 29.8 Å². The van der Waals surface area contributed by atoms with Crippen LogP contribution in [0.15, 0.2) is 29.2 Å². The molecule has 0 aliphatic heterocycles. The second-order valence-corrected chi connectivity index (χ2v) is 10.9. The number of hydrogen-bond acceptors (Lipinski definition) is 7. The monoisotopic (exact) mass is 527 g/mol. The highest BCUT2D eigenvalue weighted by molar-refractivity contribution is 7.89. The van der Waals surface area contributed by atoms with Gasteiger partial charge in [0.2, 0.25) is 10.0 Å². The van der Waals surface area contributed by atoms with Crippen LogP contribution >= 0.6 is 23.2 Å². The van der Waals surface area contributed by atoms with Gasteiger partial charge in [0.05, 0.1) is 50.0 Å². The van der Waals surface area contributed by atoms with E-state index in [1.54, 1.807) is 18.2 Å². The molecular weight excluding hydrogens is 489 g/mol. The van der Waals surface area contributed by atoms with E-state index in [1.807, 2.05) is 31.9 Å². The summed E-state index contributed by atoms with van der Waals surface area (Å²) >= 11 is 12.4. The lowest BCUT2D eigenvalue weighted by molar-refractivity contribution is 0.0171. The molecule has 33 heavy (non-hydrogen) atoms. The molecule has 0 saturated heterocycles. The Bertz CT molecular complexity index is 755. The van der Waals surface area contributed by atoms with Crippen LogP contribution in [0.5, 0.6) is 0 Å². The summed E-state index contributed by atoms with van der Waals surface area (Å²) in [6, 6.07) is 6.97. The Morgan fingerprint density at radius 3 is 2.24 bits per heavy atom. The fourth-order valence-electron chi connectivity index (χ4n) is 3.04. The van der Waals surface area contributed by atoms with E-state index in [4.69, 9.17) is 43.1 Å². The Morgan fingerprint density at radius 2 is 1.64 bits per heavy atom. The third-order valence-electron chi connectivity index (χ3n) is 4.84. The lowest BCUT2D eigenvalue weighted by atomic mass is 10.0. The van der Waals surface area contributed by atoms with Crippen LogP contribution in [0, 0.1) is 0 Å². The van der Waals surface area contributed by atoms with Gasteiger partial charge in [-0.1, -0.05) is 19.1 Å². The molecule has 0 amide bonds. The lowest BCUT2D eigenvalue weighted by Gasteiger charge is -2.27. The minimum absolute atomic E-state index is 0.0117. The third-order valence-corrected chi connectivity index (χ3v) is 6.99. The van der Waals surface area contributed by atoms with Crippen molar-refractivity contribution in [2.45, 2.75) is 42.0 Å². The molecular formula is C22H39Cl2N3O5S. The average Bonchev–Trinajstić information content (AvgIpc) is 2.77. The zero-order valence-electron chi connectivity index (χ0n) is 19.8. The molecule has 0 spiro atoms. The Hall–Kier alpha value is -0.490. The van der Waals surface area contributed by atoms with Crippen LogP contribution in [-0.4, -0.2) is 90.5 Å². The van der Waals surface area contributed by atoms with Crippen molar-refractivity contribution in [2.75, 3.05) is 66.3 Å². The number of sulfonamides is 1. The predicted molar refractivity (Wildman–Crippen MR) is 134 cm³/mol. The summed E-state index contributed by atoms with van der Waals surface area (Å²) in [6.45, 7) is 7.83. The molecule has 0 bridgehead atoms. The Labute approximate surface area is 209 Å². The van der Waals surface area contributed by atoms with E-state index in [9.17, 15) is 8.42 Å². The Balaban J connectivity index is 2.41. The van der Waals surface area contributed by atoms with E-state index < -0.39 is 10.0 Å². The first-order chi connectivity index (χ1) is 15.7. The fourth-order valence-corrected chi connectivity index (χ4v) is 4.72. The van der Waals surface area contributed by atoms with Crippen LogP contribution < -0.4 is 10.5 Å². The SMILES string of the molecule is CC(Cl)CC(Cl)N(C)CC(C)c1cccc(S(=O)(=O)NCCOCCOCCOCCN)c1. The molecule has 1 rings (SSSR count). The number of nitrogens with zero attached hydrogens (tertiary/aromatic N) is 1. The number of nitrogens with one attached hydrogen (secondary N) is 1. The molecule has 0 saturated carbocycles. The van der Waals surface area contributed by atoms with Gasteiger partial charge in [-0.15, -0.1) is 23.2 Å². The van der Waals surface area contributed by atoms with E-state index in [0.29, 0.717) is 52.5 Å². The van der Waals surface area contributed by atoms with Crippen LogP contribution in [0.4, 0.5) is 0 Å². The van der Waals surface area contributed by atoms with Gasteiger partial charge in [0.15, 0.2) is 0 Å². The first-order valence-corrected chi connectivity index (χ1v) is 13.5. The van der Waals surface area contributed by atoms with E-state index >= 15 is 0 Å². The van der Waals surface area contributed by atoms with Crippen LogP contribution in [0.3, 0.4) is 0 Å². The van der Waals surface area contributed by atoms with E-state index in [0.717, 1.165) is 5.56 Å². The zero-order valence-corrected chi connectivity index (χ0v) is 22.2. The number of rotatable bonds is 19. The van der Waals surface area contributed by atoms with Gasteiger partial charge in [-0.3, -0.25) is 4.90 Å². The van der Waals surface area contributed by atoms with Crippen LogP contribution in [0.25, 0.3) is 0 Å². The van der Waals surface area contributed by atoms with Crippen molar-refractivity contribution in [3.63, 3.8) is 0 Å².